The van der Waals surface area contributed by atoms with E-state index in [4.69, 9.17) is 9.84 Å². The molecule has 0 unspecified atom stereocenters. The van der Waals surface area contributed by atoms with Crippen LogP contribution < -0.4 is 0 Å². The predicted octanol–water partition coefficient (Wildman–Crippen LogP) is 3.02. The van der Waals surface area contributed by atoms with E-state index in [0.717, 1.165) is 20.8 Å². The topological polar surface area (TPSA) is 64.3 Å². The first-order valence-corrected chi connectivity index (χ1v) is 8.01. The van der Waals surface area contributed by atoms with Gasteiger partial charge in [0.2, 0.25) is 0 Å². The first-order chi connectivity index (χ1) is 10.1. The summed E-state index contributed by atoms with van der Waals surface area (Å²) in [6, 6.07) is 9.76. The Labute approximate surface area is 135 Å². The number of carboxylic acids is 1. The maximum atomic E-state index is 10.7. The van der Waals surface area contributed by atoms with E-state index in [1.54, 1.807) is 7.11 Å². The second-order valence-corrected chi connectivity index (χ2v) is 6.19. The lowest BCUT2D eigenvalue weighted by Crippen LogP contribution is -2.06. The lowest BCUT2D eigenvalue weighted by Gasteiger charge is -2.08. The third kappa shape index (κ3) is 4.59. The summed E-state index contributed by atoms with van der Waals surface area (Å²) in [4.78, 5) is 10.7. The van der Waals surface area contributed by atoms with Crippen LogP contribution in [0.25, 0.3) is 0 Å². The van der Waals surface area contributed by atoms with E-state index in [0.29, 0.717) is 13.2 Å². The first-order valence-electron chi connectivity index (χ1n) is 6.24. The fraction of sp³-hybridized carbons (Fsp3) is 0.286. The van der Waals surface area contributed by atoms with Gasteiger partial charge in [-0.3, -0.25) is 9.48 Å². The molecule has 0 saturated carbocycles. The van der Waals surface area contributed by atoms with Crippen molar-refractivity contribution in [2.24, 2.45) is 0 Å². The molecule has 0 bridgehead atoms. The summed E-state index contributed by atoms with van der Waals surface area (Å²) in [5.41, 5.74) is 1.87. The Balaban J connectivity index is 2.23. The van der Waals surface area contributed by atoms with Crippen LogP contribution in [0.2, 0.25) is 0 Å². The zero-order valence-corrected chi connectivity index (χ0v) is 13.9. The number of ether oxygens (including phenoxy) is 1. The molecule has 0 radical (unpaired) electrons. The number of carbonyl (C=O) groups is 1. The van der Waals surface area contributed by atoms with Crippen molar-refractivity contribution in [3.8, 4) is 0 Å². The van der Waals surface area contributed by atoms with Gasteiger partial charge in [0.15, 0.2) is 0 Å². The first kappa shape index (κ1) is 16.1. The maximum absolute atomic E-state index is 10.7. The monoisotopic (exact) mass is 370 g/mol. The van der Waals surface area contributed by atoms with Gasteiger partial charge in [-0.1, -0.05) is 45.9 Å². The van der Waals surface area contributed by atoms with Gasteiger partial charge in [-0.15, -0.1) is 0 Å². The number of aromatic nitrogens is 2. The third-order valence-corrected chi connectivity index (χ3v) is 4.50. The molecule has 0 aliphatic heterocycles. The van der Waals surface area contributed by atoms with Crippen LogP contribution in [0.1, 0.15) is 11.3 Å². The van der Waals surface area contributed by atoms with E-state index >= 15 is 0 Å². The van der Waals surface area contributed by atoms with Gasteiger partial charge in [0.05, 0.1) is 29.6 Å². The minimum atomic E-state index is -0.845. The van der Waals surface area contributed by atoms with Crippen LogP contribution in [-0.4, -0.2) is 33.7 Å². The summed E-state index contributed by atoms with van der Waals surface area (Å²) in [5, 5.41) is 14.1. The maximum Gasteiger partial charge on any atom is 0.313 e. The molecular formula is C14H15BrN2O3S. The van der Waals surface area contributed by atoms with E-state index in [9.17, 15) is 4.79 Å². The van der Waals surface area contributed by atoms with Crippen molar-refractivity contribution in [2.75, 3.05) is 12.9 Å². The lowest BCUT2D eigenvalue weighted by atomic mass is 10.2. The lowest BCUT2D eigenvalue weighted by molar-refractivity contribution is -0.133. The molecule has 0 amide bonds. The highest BCUT2D eigenvalue weighted by Crippen LogP contribution is 2.23. The smallest absolute Gasteiger partial charge is 0.313 e. The van der Waals surface area contributed by atoms with Crippen molar-refractivity contribution in [3.05, 3.63) is 46.1 Å². The molecule has 1 aromatic carbocycles. The number of hydrogen-bond acceptors (Lipinski definition) is 4. The molecule has 112 valence electrons. The Morgan fingerprint density at radius 1 is 1.48 bits per heavy atom. The number of rotatable bonds is 7. The highest BCUT2D eigenvalue weighted by Gasteiger charge is 2.11. The van der Waals surface area contributed by atoms with Crippen molar-refractivity contribution in [2.45, 2.75) is 18.2 Å². The van der Waals surface area contributed by atoms with Crippen molar-refractivity contribution in [1.29, 1.82) is 0 Å². The molecule has 0 atom stereocenters. The Morgan fingerprint density at radius 3 is 2.90 bits per heavy atom. The molecule has 1 aromatic heterocycles. The van der Waals surface area contributed by atoms with Gasteiger partial charge in [-0.2, -0.15) is 5.10 Å². The number of halogens is 1. The van der Waals surface area contributed by atoms with Crippen LogP contribution in [0.15, 0.2) is 39.8 Å². The normalized spacial score (nSPS) is 10.8. The van der Waals surface area contributed by atoms with Crippen LogP contribution >= 0.6 is 27.7 Å². The number of hydrogen-bond donors (Lipinski definition) is 1. The molecule has 2 rings (SSSR count). The summed E-state index contributed by atoms with van der Waals surface area (Å²) in [5.74, 6) is -0.837. The highest BCUT2D eigenvalue weighted by atomic mass is 79.9. The zero-order chi connectivity index (χ0) is 15.2. The van der Waals surface area contributed by atoms with E-state index in [2.05, 4.69) is 21.0 Å². The van der Waals surface area contributed by atoms with Crippen molar-refractivity contribution < 1.29 is 14.6 Å². The minimum absolute atomic E-state index is 0.00801. The van der Waals surface area contributed by atoms with Gasteiger partial charge < -0.3 is 9.84 Å². The van der Waals surface area contributed by atoms with Gasteiger partial charge in [-0.05, 0) is 17.7 Å². The molecule has 1 N–H and O–H groups in total. The number of thioether (sulfide) groups is 1. The molecule has 0 saturated heterocycles. The van der Waals surface area contributed by atoms with Crippen molar-refractivity contribution >= 4 is 33.7 Å². The fourth-order valence-electron chi connectivity index (χ4n) is 1.82. The van der Waals surface area contributed by atoms with Crippen LogP contribution in [0.4, 0.5) is 0 Å². The minimum Gasteiger partial charge on any atom is -0.481 e. The van der Waals surface area contributed by atoms with Gasteiger partial charge in [0.25, 0.3) is 0 Å². The molecule has 0 fully saturated rings. The number of benzene rings is 1. The van der Waals surface area contributed by atoms with Crippen LogP contribution in [0.3, 0.4) is 0 Å². The van der Waals surface area contributed by atoms with E-state index in [1.165, 1.54) is 11.8 Å². The number of carboxylic acid groups (broad SMARTS) is 1. The van der Waals surface area contributed by atoms with Gasteiger partial charge >= 0.3 is 5.97 Å². The van der Waals surface area contributed by atoms with Crippen LogP contribution in [0, 0.1) is 0 Å². The molecule has 1 heterocycles. The van der Waals surface area contributed by atoms with E-state index in [-0.39, 0.29) is 5.75 Å². The second-order valence-electron chi connectivity index (χ2n) is 4.34. The quantitative estimate of drug-likeness (QED) is 0.758. The second kappa shape index (κ2) is 7.63. The fourth-order valence-corrected chi connectivity index (χ4v) is 2.98. The van der Waals surface area contributed by atoms with Crippen LogP contribution in [0.5, 0.6) is 0 Å². The Kier molecular flexibility index (Phi) is 5.84. The molecule has 2 aromatic rings. The zero-order valence-electron chi connectivity index (χ0n) is 11.5. The Morgan fingerprint density at radius 2 is 2.24 bits per heavy atom. The van der Waals surface area contributed by atoms with Gasteiger partial charge in [-0.25, -0.2) is 0 Å². The van der Waals surface area contributed by atoms with Crippen molar-refractivity contribution in [1.82, 2.24) is 9.78 Å². The molecule has 0 aliphatic rings. The number of methoxy groups -OCH3 is 1. The molecule has 21 heavy (non-hydrogen) atoms. The summed E-state index contributed by atoms with van der Waals surface area (Å²) in [7, 11) is 1.61. The predicted molar refractivity (Wildman–Crippen MR) is 84.5 cm³/mol. The Hall–Kier alpha value is -1.31. The van der Waals surface area contributed by atoms with E-state index < -0.39 is 5.97 Å². The Bertz CT molecular complexity index is 630. The summed E-state index contributed by atoms with van der Waals surface area (Å²) >= 11 is 4.77. The molecule has 7 heteroatoms. The molecule has 0 spiro atoms. The van der Waals surface area contributed by atoms with Gasteiger partial charge in [0, 0.05) is 11.6 Å². The largest absolute Gasteiger partial charge is 0.481 e. The van der Waals surface area contributed by atoms with Crippen LogP contribution in [-0.2, 0) is 22.7 Å². The molecule has 0 aliphatic carbocycles. The average Bonchev–Trinajstić information content (AvgIpc) is 2.81. The summed E-state index contributed by atoms with van der Waals surface area (Å²) in [6.45, 7) is 0.983. The average molecular weight is 371 g/mol. The highest BCUT2D eigenvalue weighted by molar-refractivity contribution is 9.10. The standard InChI is InChI=1S/C14H15BrN2O3S/c1-20-8-11-6-13(21-9-14(18)19)17(16-11)7-10-4-2-3-5-12(10)15/h2-6H,7-9H2,1H3,(H,18,19). The van der Waals surface area contributed by atoms with Gasteiger partial charge in [0.1, 0.15) is 0 Å². The van der Waals surface area contributed by atoms with Crippen molar-refractivity contribution in [3.63, 3.8) is 0 Å². The molecular weight excluding hydrogens is 356 g/mol. The third-order valence-electron chi connectivity index (χ3n) is 2.71. The summed E-state index contributed by atoms with van der Waals surface area (Å²) < 4.78 is 7.90. The summed E-state index contributed by atoms with van der Waals surface area (Å²) in [6.07, 6.45) is 0. The SMILES string of the molecule is COCc1cc(SCC(=O)O)n(Cc2ccccc2Br)n1. The number of aliphatic carboxylic acids is 1. The van der Waals surface area contributed by atoms with E-state index in [1.807, 2.05) is 35.0 Å². The molecule has 5 nitrogen and oxygen atoms in total. The number of nitrogens with zero attached hydrogens (tertiary/aromatic N) is 2.